The molecule has 0 unspecified atom stereocenters. The normalized spacial score (nSPS) is 11.7. The molecule has 0 aromatic carbocycles. The van der Waals surface area contributed by atoms with Crippen molar-refractivity contribution >= 4 is 0 Å². The molecule has 0 heterocycles. The molecular weight excluding hydrogens is 434 g/mol. The SMILES string of the molecule is CCCCCCCCCCCCCCCCCCCCCCCCCCCCCCCNCC(C)C. The first-order valence-corrected chi connectivity index (χ1v) is 17.5. The summed E-state index contributed by atoms with van der Waals surface area (Å²) in [7, 11) is 0. The molecule has 0 bridgehead atoms. The van der Waals surface area contributed by atoms with Gasteiger partial charge in [0.25, 0.3) is 0 Å². The van der Waals surface area contributed by atoms with Crippen LogP contribution in [0.5, 0.6) is 0 Å². The Morgan fingerprint density at radius 2 is 0.556 bits per heavy atom. The first-order valence-electron chi connectivity index (χ1n) is 17.5. The van der Waals surface area contributed by atoms with Crippen molar-refractivity contribution in [3.05, 3.63) is 0 Å². The lowest BCUT2D eigenvalue weighted by Crippen LogP contribution is -2.20. The highest BCUT2D eigenvalue weighted by molar-refractivity contribution is 4.54. The zero-order valence-electron chi connectivity index (χ0n) is 26.0. The fraction of sp³-hybridized carbons (Fsp3) is 1.00. The largest absolute Gasteiger partial charge is 0.316 e. The molecule has 0 aliphatic heterocycles. The Balaban J connectivity index is 3.01. The maximum absolute atomic E-state index is 3.56. The van der Waals surface area contributed by atoms with E-state index in [1.807, 2.05) is 0 Å². The first kappa shape index (κ1) is 36.0. The van der Waals surface area contributed by atoms with Crippen molar-refractivity contribution in [2.24, 2.45) is 5.92 Å². The van der Waals surface area contributed by atoms with Gasteiger partial charge in [-0.2, -0.15) is 0 Å². The molecular formula is C35H73N. The summed E-state index contributed by atoms with van der Waals surface area (Å²) in [5.41, 5.74) is 0. The average molecular weight is 508 g/mol. The van der Waals surface area contributed by atoms with Crippen LogP contribution in [0.2, 0.25) is 0 Å². The van der Waals surface area contributed by atoms with Crippen LogP contribution in [0, 0.1) is 5.92 Å². The smallest absolute Gasteiger partial charge is 0.00258 e. The molecule has 1 nitrogen and oxygen atoms in total. The van der Waals surface area contributed by atoms with Crippen molar-refractivity contribution in [3.8, 4) is 0 Å². The predicted molar refractivity (Wildman–Crippen MR) is 167 cm³/mol. The van der Waals surface area contributed by atoms with Crippen LogP contribution in [0.25, 0.3) is 0 Å². The minimum Gasteiger partial charge on any atom is -0.316 e. The molecule has 0 saturated carbocycles. The number of nitrogens with one attached hydrogen (secondary N) is 1. The van der Waals surface area contributed by atoms with E-state index >= 15 is 0 Å². The van der Waals surface area contributed by atoms with E-state index in [0.29, 0.717) is 0 Å². The van der Waals surface area contributed by atoms with E-state index in [2.05, 4.69) is 26.1 Å². The van der Waals surface area contributed by atoms with Crippen LogP contribution >= 0.6 is 0 Å². The van der Waals surface area contributed by atoms with Crippen LogP contribution in [0.4, 0.5) is 0 Å². The van der Waals surface area contributed by atoms with Crippen molar-refractivity contribution in [2.45, 2.75) is 207 Å². The van der Waals surface area contributed by atoms with Gasteiger partial charge in [0, 0.05) is 0 Å². The van der Waals surface area contributed by atoms with Gasteiger partial charge in [-0.05, 0) is 25.4 Å². The number of rotatable bonds is 32. The molecule has 0 spiro atoms. The monoisotopic (exact) mass is 508 g/mol. The summed E-state index contributed by atoms with van der Waals surface area (Å²) in [6.45, 7) is 9.28. The van der Waals surface area contributed by atoms with E-state index in [4.69, 9.17) is 0 Å². The summed E-state index contributed by atoms with van der Waals surface area (Å²) in [4.78, 5) is 0. The minimum absolute atomic E-state index is 0.786. The molecule has 218 valence electrons. The number of unbranched alkanes of at least 4 members (excludes halogenated alkanes) is 28. The third kappa shape index (κ3) is 34.0. The molecule has 0 radical (unpaired) electrons. The van der Waals surface area contributed by atoms with Gasteiger partial charge in [0.05, 0.1) is 0 Å². The van der Waals surface area contributed by atoms with Gasteiger partial charge in [0.15, 0.2) is 0 Å². The number of hydrogen-bond donors (Lipinski definition) is 1. The van der Waals surface area contributed by atoms with Gasteiger partial charge in [-0.1, -0.05) is 201 Å². The lowest BCUT2D eigenvalue weighted by Gasteiger charge is -2.07. The molecule has 1 heteroatoms. The molecule has 0 aliphatic rings. The molecule has 0 atom stereocenters. The van der Waals surface area contributed by atoms with Crippen molar-refractivity contribution in [1.29, 1.82) is 0 Å². The highest BCUT2D eigenvalue weighted by Gasteiger charge is 1.97. The van der Waals surface area contributed by atoms with Crippen LogP contribution in [0.15, 0.2) is 0 Å². The average Bonchev–Trinajstić information content (AvgIpc) is 2.87. The lowest BCUT2D eigenvalue weighted by atomic mass is 10.0. The molecule has 0 saturated heterocycles. The van der Waals surface area contributed by atoms with E-state index in [1.165, 1.54) is 199 Å². The maximum atomic E-state index is 3.56. The second-order valence-corrected chi connectivity index (χ2v) is 12.5. The molecule has 0 amide bonds. The van der Waals surface area contributed by atoms with Gasteiger partial charge >= 0.3 is 0 Å². The van der Waals surface area contributed by atoms with Gasteiger partial charge < -0.3 is 5.32 Å². The summed E-state index contributed by atoms with van der Waals surface area (Å²) in [6.07, 6.45) is 42.7. The van der Waals surface area contributed by atoms with Crippen LogP contribution in [0.1, 0.15) is 207 Å². The fourth-order valence-electron chi connectivity index (χ4n) is 5.49. The summed E-state index contributed by atoms with van der Waals surface area (Å²) < 4.78 is 0. The summed E-state index contributed by atoms with van der Waals surface area (Å²) in [5, 5.41) is 3.56. The molecule has 36 heavy (non-hydrogen) atoms. The van der Waals surface area contributed by atoms with Crippen molar-refractivity contribution in [1.82, 2.24) is 5.32 Å². The Hall–Kier alpha value is -0.0400. The van der Waals surface area contributed by atoms with Crippen molar-refractivity contribution < 1.29 is 0 Å². The zero-order valence-corrected chi connectivity index (χ0v) is 26.0. The van der Waals surface area contributed by atoms with Crippen molar-refractivity contribution in [2.75, 3.05) is 13.1 Å². The van der Waals surface area contributed by atoms with Crippen LogP contribution < -0.4 is 5.32 Å². The van der Waals surface area contributed by atoms with E-state index in [1.54, 1.807) is 0 Å². The van der Waals surface area contributed by atoms with Gasteiger partial charge in [-0.25, -0.2) is 0 Å². The third-order valence-corrected chi connectivity index (χ3v) is 8.01. The van der Waals surface area contributed by atoms with Crippen LogP contribution in [-0.4, -0.2) is 13.1 Å². The Morgan fingerprint density at radius 3 is 0.778 bits per heavy atom. The second-order valence-electron chi connectivity index (χ2n) is 12.5. The zero-order chi connectivity index (χ0) is 26.2. The Kier molecular flexibility index (Phi) is 33.0. The Morgan fingerprint density at radius 1 is 0.333 bits per heavy atom. The van der Waals surface area contributed by atoms with Gasteiger partial charge in [-0.3, -0.25) is 0 Å². The molecule has 1 N–H and O–H groups in total. The standard InChI is InChI=1S/C35H73N/c1-4-5-6-7-8-9-10-11-12-13-14-15-16-17-18-19-20-21-22-23-24-25-26-27-28-29-30-31-32-33-36-34-35(2)3/h35-36H,4-34H2,1-3H3. The second kappa shape index (κ2) is 33.0. The lowest BCUT2D eigenvalue weighted by molar-refractivity contribution is 0.507. The highest BCUT2D eigenvalue weighted by Crippen LogP contribution is 2.16. The van der Waals surface area contributed by atoms with Gasteiger partial charge in [-0.15, -0.1) is 0 Å². The van der Waals surface area contributed by atoms with Crippen molar-refractivity contribution in [3.63, 3.8) is 0 Å². The van der Waals surface area contributed by atoms with Gasteiger partial charge in [0.2, 0.25) is 0 Å². The van der Waals surface area contributed by atoms with E-state index in [0.717, 1.165) is 5.92 Å². The van der Waals surface area contributed by atoms with E-state index in [9.17, 15) is 0 Å². The van der Waals surface area contributed by atoms with Crippen LogP contribution in [0.3, 0.4) is 0 Å². The molecule has 0 aromatic rings. The quantitative estimate of drug-likeness (QED) is 0.0892. The molecule has 0 fully saturated rings. The predicted octanol–water partition coefficient (Wildman–Crippen LogP) is 12.6. The van der Waals surface area contributed by atoms with E-state index in [-0.39, 0.29) is 0 Å². The summed E-state index contributed by atoms with van der Waals surface area (Å²) in [6, 6.07) is 0. The summed E-state index contributed by atoms with van der Waals surface area (Å²) in [5.74, 6) is 0.786. The number of hydrogen-bond acceptors (Lipinski definition) is 1. The highest BCUT2D eigenvalue weighted by atomic mass is 14.8. The maximum Gasteiger partial charge on any atom is -0.00258 e. The topological polar surface area (TPSA) is 12.0 Å². The molecule has 0 aromatic heterocycles. The van der Waals surface area contributed by atoms with Gasteiger partial charge in [0.1, 0.15) is 0 Å². The minimum atomic E-state index is 0.786. The Bertz CT molecular complexity index is 364. The van der Waals surface area contributed by atoms with Crippen LogP contribution in [-0.2, 0) is 0 Å². The fourth-order valence-corrected chi connectivity index (χ4v) is 5.49. The molecule has 0 rings (SSSR count). The summed E-state index contributed by atoms with van der Waals surface area (Å²) >= 11 is 0. The molecule has 0 aliphatic carbocycles. The third-order valence-electron chi connectivity index (χ3n) is 8.01. The Labute approximate surface area is 231 Å². The first-order chi connectivity index (χ1) is 17.8. The van der Waals surface area contributed by atoms with E-state index < -0.39 is 0 Å².